The van der Waals surface area contributed by atoms with E-state index in [1.807, 2.05) is 50.2 Å². The predicted molar refractivity (Wildman–Crippen MR) is 151 cm³/mol. The van der Waals surface area contributed by atoms with Crippen molar-refractivity contribution in [1.29, 1.82) is 0 Å². The first-order chi connectivity index (χ1) is 18.3. The van der Waals surface area contributed by atoms with E-state index in [4.69, 9.17) is 4.74 Å². The van der Waals surface area contributed by atoms with E-state index in [1.165, 1.54) is 17.0 Å². The van der Waals surface area contributed by atoms with Crippen LogP contribution in [0.3, 0.4) is 0 Å². The Morgan fingerprint density at radius 1 is 0.949 bits per heavy atom. The minimum absolute atomic E-state index is 0.0891. The second-order valence-corrected chi connectivity index (χ2v) is 10.6. The normalized spacial score (nSPS) is 12.7. The Labute approximate surface area is 230 Å². The fraction of sp³-hybridized carbons (Fsp3) is 0.323. The first-order valence-corrected chi connectivity index (χ1v) is 12.8. The molecule has 0 fully saturated rings. The number of aromatic hydroxyl groups is 1. The number of amides is 3. The highest BCUT2D eigenvalue weighted by molar-refractivity contribution is 5.99. The standard InChI is InChI=1S/C31H37N3O5/c1-20-10-9-12-23(18-20)27(28(36)32-25-13-8-7-11-21(25)2)34(6)29(37)26(33-30(38)39-31(3,4)5)19-22-14-16-24(35)17-15-22/h7-18,26-27,35H,19H2,1-6H3,(H,32,36)(H,33,38). The number of ether oxygens (including phenoxy) is 1. The maximum Gasteiger partial charge on any atom is 0.408 e. The van der Waals surface area contributed by atoms with Crippen molar-refractivity contribution in [2.45, 2.75) is 58.7 Å². The van der Waals surface area contributed by atoms with Crippen molar-refractivity contribution < 1.29 is 24.2 Å². The maximum atomic E-state index is 14.0. The number of aryl methyl sites for hydroxylation is 2. The van der Waals surface area contributed by atoms with Gasteiger partial charge in [0.05, 0.1) is 0 Å². The zero-order valence-corrected chi connectivity index (χ0v) is 23.3. The summed E-state index contributed by atoms with van der Waals surface area (Å²) < 4.78 is 5.42. The Hall–Kier alpha value is -4.33. The van der Waals surface area contributed by atoms with Gasteiger partial charge in [0.25, 0.3) is 5.91 Å². The van der Waals surface area contributed by atoms with Crippen LogP contribution in [0.2, 0.25) is 0 Å². The van der Waals surface area contributed by atoms with Crippen LogP contribution < -0.4 is 10.6 Å². The number of hydrogen-bond acceptors (Lipinski definition) is 5. The van der Waals surface area contributed by atoms with Crippen molar-refractivity contribution in [3.8, 4) is 5.75 Å². The largest absolute Gasteiger partial charge is 0.508 e. The molecule has 8 heteroatoms. The number of carbonyl (C=O) groups is 3. The van der Waals surface area contributed by atoms with Crippen LogP contribution in [-0.4, -0.2) is 46.6 Å². The van der Waals surface area contributed by atoms with Crippen molar-refractivity contribution in [2.24, 2.45) is 0 Å². The highest BCUT2D eigenvalue weighted by atomic mass is 16.6. The molecule has 3 N–H and O–H groups in total. The molecule has 0 aliphatic rings. The Morgan fingerprint density at radius 3 is 2.23 bits per heavy atom. The molecule has 0 aliphatic carbocycles. The molecular formula is C31H37N3O5. The van der Waals surface area contributed by atoms with Gasteiger partial charge in [-0.25, -0.2) is 4.79 Å². The van der Waals surface area contributed by atoms with Crippen molar-refractivity contribution in [3.63, 3.8) is 0 Å². The third kappa shape index (κ3) is 8.33. The van der Waals surface area contributed by atoms with Gasteiger partial charge in [-0.05, 0) is 69.5 Å². The highest BCUT2D eigenvalue weighted by Gasteiger charge is 2.34. The molecule has 3 amide bonds. The summed E-state index contributed by atoms with van der Waals surface area (Å²) in [6.07, 6.45) is -0.618. The molecular weight excluding hydrogens is 494 g/mol. The van der Waals surface area contributed by atoms with E-state index in [-0.39, 0.29) is 18.1 Å². The SMILES string of the molecule is Cc1cccc(C(C(=O)Nc2ccccc2C)N(C)C(=O)C(Cc2ccc(O)cc2)NC(=O)OC(C)(C)C)c1. The zero-order chi connectivity index (χ0) is 28.7. The van der Waals surface area contributed by atoms with Crippen LogP contribution in [0.15, 0.2) is 72.8 Å². The van der Waals surface area contributed by atoms with Crippen LogP contribution in [0.5, 0.6) is 5.75 Å². The van der Waals surface area contributed by atoms with Gasteiger partial charge in [-0.2, -0.15) is 0 Å². The summed E-state index contributed by atoms with van der Waals surface area (Å²) in [5.41, 5.74) is 3.06. The molecule has 2 unspecified atom stereocenters. The van der Waals surface area contributed by atoms with Gasteiger partial charge < -0.3 is 25.4 Å². The number of nitrogens with zero attached hydrogens (tertiary/aromatic N) is 1. The number of para-hydroxylation sites is 1. The topological polar surface area (TPSA) is 108 Å². The molecule has 39 heavy (non-hydrogen) atoms. The van der Waals surface area contributed by atoms with Crippen LogP contribution >= 0.6 is 0 Å². The summed E-state index contributed by atoms with van der Waals surface area (Å²) in [5.74, 6) is -0.766. The molecule has 2 atom stereocenters. The van der Waals surface area contributed by atoms with E-state index in [2.05, 4.69) is 10.6 Å². The molecule has 0 saturated carbocycles. The van der Waals surface area contributed by atoms with Crippen LogP contribution in [0, 0.1) is 13.8 Å². The molecule has 3 rings (SSSR count). The number of benzene rings is 3. The number of alkyl carbamates (subject to hydrolysis) is 1. The van der Waals surface area contributed by atoms with Crippen molar-refractivity contribution in [3.05, 3.63) is 95.1 Å². The summed E-state index contributed by atoms with van der Waals surface area (Å²) in [6.45, 7) is 9.02. The number of likely N-dealkylation sites (N-methyl/N-ethyl adjacent to an activating group) is 1. The number of phenols is 1. The van der Waals surface area contributed by atoms with Gasteiger partial charge in [0.1, 0.15) is 23.4 Å². The van der Waals surface area contributed by atoms with E-state index < -0.39 is 29.7 Å². The minimum atomic E-state index is -1.03. The van der Waals surface area contributed by atoms with Crippen molar-refractivity contribution in [1.82, 2.24) is 10.2 Å². The molecule has 0 bridgehead atoms. The van der Waals surface area contributed by atoms with Gasteiger partial charge in [0, 0.05) is 19.2 Å². The van der Waals surface area contributed by atoms with Crippen LogP contribution in [0.1, 0.15) is 49.1 Å². The lowest BCUT2D eigenvalue weighted by molar-refractivity contribution is -0.139. The van der Waals surface area contributed by atoms with E-state index in [1.54, 1.807) is 52.1 Å². The molecule has 3 aromatic rings. The number of nitrogens with one attached hydrogen (secondary N) is 2. The lowest BCUT2D eigenvalue weighted by Crippen LogP contribution is -2.52. The van der Waals surface area contributed by atoms with Crippen LogP contribution in [0.25, 0.3) is 0 Å². The number of carbonyl (C=O) groups excluding carboxylic acids is 3. The molecule has 0 spiro atoms. The Balaban J connectivity index is 1.96. The van der Waals surface area contributed by atoms with Gasteiger partial charge in [-0.1, -0.05) is 60.2 Å². The number of phenolic OH excluding ortho intramolecular Hbond substituents is 1. The molecule has 8 nitrogen and oxygen atoms in total. The minimum Gasteiger partial charge on any atom is -0.508 e. The van der Waals surface area contributed by atoms with Gasteiger partial charge in [-0.15, -0.1) is 0 Å². The summed E-state index contributed by atoms with van der Waals surface area (Å²) in [6, 6.07) is 19.2. The van der Waals surface area contributed by atoms with E-state index >= 15 is 0 Å². The Morgan fingerprint density at radius 2 is 1.62 bits per heavy atom. The maximum absolute atomic E-state index is 14.0. The van der Waals surface area contributed by atoms with Gasteiger partial charge in [0.15, 0.2) is 0 Å². The molecule has 0 aromatic heterocycles. The molecule has 206 valence electrons. The fourth-order valence-corrected chi connectivity index (χ4v) is 4.20. The lowest BCUT2D eigenvalue weighted by Gasteiger charge is -2.32. The predicted octanol–water partition coefficient (Wildman–Crippen LogP) is 5.28. The third-order valence-corrected chi connectivity index (χ3v) is 6.11. The van der Waals surface area contributed by atoms with Crippen LogP contribution in [0.4, 0.5) is 10.5 Å². The van der Waals surface area contributed by atoms with Crippen LogP contribution in [-0.2, 0) is 20.7 Å². The number of hydrogen-bond donors (Lipinski definition) is 3. The van der Waals surface area contributed by atoms with Gasteiger partial charge in [-0.3, -0.25) is 9.59 Å². The molecule has 0 radical (unpaired) electrons. The summed E-state index contributed by atoms with van der Waals surface area (Å²) in [7, 11) is 1.55. The van der Waals surface area contributed by atoms with E-state index in [9.17, 15) is 19.5 Å². The summed E-state index contributed by atoms with van der Waals surface area (Å²) in [4.78, 5) is 41.7. The van der Waals surface area contributed by atoms with E-state index in [0.29, 0.717) is 16.8 Å². The third-order valence-electron chi connectivity index (χ3n) is 6.11. The average Bonchev–Trinajstić information content (AvgIpc) is 2.85. The Bertz CT molecular complexity index is 1310. The monoisotopic (exact) mass is 531 g/mol. The first kappa shape index (κ1) is 29.2. The molecule has 3 aromatic carbocycles. The second kappa shape index (κ2) is 12.5. The molecule has 0 heterocycles. The average molecular weight is 532 g/mol. The first-order valence-electron chi connectivity index (χ1n) is 12.8. The highest BCUT2D eigenvalue weighted by Crippen LogP contribution is 2.25. The fourth-order valence-electron chi connectivity index (χ4n) is 4.20. The second-order valence-electron chi connectivity index (χ2n) is 10.6. The van der Waals surface area contributed by atoms with E-state index in [0.717, 1.165) is 11.1 Å². The summed E-state index contributed by atoms with van der Waals surface area (Å²) in [5, 5.41) is 15.3. The Kier molecular flexibility index (Phi) is 9.35. The molecule has 0 saturated heterocycles. The quantitative estimate of drug-likeness (QED) is 0.366. The smallest absolute Gasteiger partial charge is 0.408 e. The number of rotatable bonds is 8. The molecule has 0 aliphatic heterocycles. The zero-order valence-electron chi connectivity index (χ0n) is 23.3. The lowest BCUT2D eigenvalue weighted by atomic mass is 9.99. The van der Waals surface area contributed by atoms with Crippen molar-refractivity contribution in [2.75, 3.05) is 12.4 Å². The van der Waals surface area contributed by atoms with Gasteiger partial charge >= 0.3 is 6.09 Å². The van der Waals surface area contributed by atoms with Crippen molar-refractivity contribution >= 4 is 23.6 Å². The number of anilines is 1. The summed E-state index contributed by atoms with van der Waals surface area (Å²) >= 11 is 0. The van der Waals surface area contributed by atoms with Gasteiger partial charge in [0.2, 0.25) is 5.91 Å².